The van der Waals surface area contributed by atoms with Crippen LogP contribution in [0.4, 0.5) is 0 Å². The fourth-order valence-corrected chi connectivity index (χ4v) is 2.40. The van der Waals surface area contributed by atoms with E-state index < -0.39 is 0 Å². The molecule has 0 bridgehead atoms. The molecule has 0 atom stereocenters. The molecule has 0 saturated carbocycles. The van der Waals surface area contributed by atoms with Gasteiger partial charge in [0.05, 0.1) is 17.7 Å². The average molecular weight is 281 g/mol. The van der Waals surface area contributed by atoms with Crippen LogP contribution in [0.25, 0.3) is 5.69 Å². The second kappa shape index (κ2) is 6.37. The molecular formula is C16H19N5. The largest absolute Gasteiger partial charge is 0.334 e. The highest BCUT2D eigenvalue weighted by Crippen LogP contribution is 2.13. The summed E-state index contributed by atoms with van der Waals surface area (Å²) in [6, 6.07) is 10.2. The molecule has 0 aliphatic carbocycles. The summed E-state index contributed by atoms with van der Waals surface area (Å²) >= 11 is 0. The van der Waals surface area contributed by atoms with E-state index in [0.717, 1.165) is 25.3 Å². The van der Waals surface area contributed by atoms with Gasteiger partial charge in [-0.05, 0) is 24.6 Å². The lowest BCUT2D eigenvalue weighted by molar-refractivity contribution is 0.626. The van der Waals surface area contributed by atoms with Gasteiger partial charge >= 0.3 is 0 Å². The molecule has 0 fully saturated rings. The maximum Gasteiger partial charge on any atom is 0.0948 e. The first-order valence-electron chi connectivity index (χ1n) is 7.16. The Bertz CT molecular complexity index is 684. The van der Waals surface area contributed by atoms with Gasteiger partial charge in [0.1, 0.15) is 0 Å². The van der Waals surface area contributed by atoms with Crippen molar-refractivity contribution in [1.29, 1.82) is 0 Å². The van der Waals surface area contributed by atoms with Gasteiger partial charge in [-0.1, -0.05) is 18.2 Å². The summed E-state index contributed by atoms with van der Waals surface area (Å²) < 4.78 is 4.04. The van der Waals surface area contributed by atoms with Crippen LogP contribution in [0.15, 0.2) is 55.2 Å². The molecule has 0 radical (unpaired) electrons. The van der Waals surface area contributed by atoms with E-state index in [9.17, 15) is 0 Å². The van der Waals surface area contributed by atoms with Crippen molar-refractivity contribution < 1.29 is 0 Å². The number of aryl methyl sites for hydroxylation is 1. The molecule has 3 aromatic rings. The molecule has 0 aliphatic heterocycles. The highest BCUT2D eigenvalue weighted by Gasteiger charge is 2.05. The predicted octanol–water partition coefficient (Wildman–Crippen LogP) is 2.38. The number of hydrogen-bond donors (Lipinski definition) is 1. The van der Waals surface area contributed by atoms with Crippen LogP contribution in [0, 0.1) is 0 Å². The van der Waals surface area contributed by atoms with E-state index in [1.807, 2.05) is 35.5 Å². The SMILES string of the molecule is CCn1cncc1CNCc1ccccc1-n1cccn1. The molecule has 0 saturated heterocycles. The first kappa shape index (κ1) is 13.6. The number of hydrogen-bond acceptors (Lipinski definition) is 3. The summed E-state index contributed by atoms with van der Waals surface area (Å²) in [7, 11) is 0. The topological polar surface area (TPSA) is 47.7 Å². The number of imidazole rings is 1. The zero-order valence-electron chi connectivity index (χ0n) is 12.1. The molecule has 5 nitrogen and oxygen atoms in total. The lowest BCUT2D eigenvalue weighted by Gasteiger charge is -2.11. The fraction of sp³-hybridized carbons (Fsp3) is 0.250. The van der Waals surface area contributed by atoms with Gasteiger partial charge in [-0.15, -0.1) is 0 Å². The number of rotatable bonds is 6. The average Bonchev–Trinajstić information content (AvgIpc) is 3.19. The number of aromatic nitrogens is 4. The van der Waals surface area contributed by atoms with Gasteiger partial charge in [-0.3, -0.25) is 0 Å². The van der Waals surface area contributed by atoms with Crippen molar-refractivity contribution in [1.82, 2.24) is 24.6 Å². The Labute approximate surface area is 124 Å². The van der Waals surface area contributed by atoms with Gasteiger partial charge in [0.2, 0.25) is 0 Å². The molecule has 3 rings (SSSR count). The number of benzene rings is 1. The van der Waals surface area contributed by atoms with Crippen LogP contribution in [0.3, 0.4) is 0 Å². The van der Waals surface area contributed by atoms with Crippen LogP contribution in [0.2, 0.25) is 0 Å². The zero-order chi connectivity index (χ0) is 14.5. The molecule has 0 unspecified atom stereocenters. The minimum Gasteiger partial charge on any atom is -0.334 e. The van der Waals surface area contributed by atoms with Gasteiger partial charge in [0.15, 0.2) is 0 Å². The number of nitrogens with zero attached hydrogens (tertiary/aromatic N) is 4. The van der Waals surface area contributed by atoms with Gasteiger partial charge in [0.25, 0.3) is 0 Å². The third-order valence-corrected chi connectivity index (χ3v) is 3.50. The molecule has 5 heteroatoms. The maximum atomic E-state index is 4.31. The van der Waals surface area contributed by atoms with E-state index in [4.69, 9.17) is 0 Å². The summed E-state index contributed by atoms with van der Waals surface area (Å²) in [5.41, 5.74) is 3.54. The Morgan fingerprint density at radius 3 is 2.86 bits per heavy atom. The van der Waals surface area contributed by atoms with Gasteiger partial charge in [-0.2, -0.15) is 5.10 Å². The monoisotopic (exact) mass is 281 g/mol. The Hall–Kier alpha value is -2.40. The van der Waals surface area contributed by atoms with E-state index in [2.05, 4.69) is 45.1 Å². The van der Waals surface area contributed by atoms with Gasteiger partial charge in [-0.25, -0.2) is 9.67 Å². The van der Waals surface area contributed by atoms with Crippen LogP contribution in [0.5, 0.6) is 0 Å². The smallest absolute Gasteiger partial charge is 0.0948 e. The zero-order valence-corrected chi connectivity index (χ0v) is 12.1. The number of para-hydroxylation sites is 1. The van der Waals surface area contributed by atoms with Crippen molar-refractivity contribution in [3.63, 3.8) is 0 Å². The normalized spacial score (nSPS) is 10.9. The standard InChI is InChI=1S/C16H19N5/c1-2-20-13-18-12-15(20)11-17-10-14-6-3-4-7-16(14)21-9-5-8-19-21/h3-9,12-13,17H,2,10-11H2,1H3. The summed E-state index contributed by atoms with van der Waals surface area (Å²) in [5.74, 6) is 0. The Balaban J connectivity index is 1.69. The van der Waals surface area contributed by atoms with Crippen LogP contribution in [-0.4, -0.2) is 19.3 Å². The lowest BCUT2D eigenvalue weighted by atomic mass is 10.2. The molecular weight excluding hydrogens is 262 g/mol. The van der Waals surface area contributed by atoms with Gasteiger partial charge < -0.3 is 9.88 Å². The third kappa shape index (κ3) is 3.03. The lowest BCUT2D eigenvalue weighted by Crippen LogP contribution is -2.16. The van der Waals surface area contributed by atoms with Crippen molar-refractivity contribution in [2.45, 2.75) is 26.6 Å². The van der Waals surface area contributed by atoms with E-state index in [0.29, 0.717) is 0 Å². The maximum absolute atomic E-state index is 4.31. The van der Waals surface area contributed by atoms with Crippen molar-refractivity contribution in [2.24, 2.45) is 0 Å². The minimum absolute atomic E-state index is 0.797. The van der Waals surface area contributed by atoms with Crippen LogP contribution >= 0.6 is 0 Å². The summed E-state index contributed by atoms with van der Waals surface area (Å²) in [5, 5.41) is 7.79. The van der Waals surface area contributed by atoms with E-state index in [-0.39, 0.29) is 0 Å². The molecule has 2 aromatic heterocycles. The predicted molar refractivity (Wildman–Crippen MR) is 82.0 cm³/mol. The van der Waals surface area contributed by atoms with Crippen LogP contribution in [-0.2, 0) is 19.6 Å². The Morgan fingerprint density at radius 1 is 1.14 bits per heavy atom. The first-order valence-corrected chi connectivity index (χ1v) is 7.16. The molecule has 2 heterocycles. The second-order valence-corrected chi connectivity index (χ2v) is 4.85. The molecule has 0 amide bonds. The number of nitrogens with one attached hydrogen (secondary N) is 1. The van der Waals surface area contributed by atoms with E-state index in [1.165, 1.54) is 11.3 Å². The molecule has 1 N–H and O–H groups in total. The highest BCUT2D eigenvalue weighted by molar-refractivity contribution is 5.40. The fourth-order valence-electron chi connectivity index (χ4n) is 2.40. The molecule has 0 spiro atoms. The summed E-state index contributed by atoms with van der Waals surface area (Å²) in [6.07, 6.45) is 7.54. The van der Waals surface area contributed by atoms with Crippen LogP contribution in [0.1, 0.15) is 18.2 Å². The molecule has 1 aromatic carbocycles. The Morgan fingerprint density at radius 2 is 2.05 bits per heavy atom. The quantitative estimate of drug-likeness (QED) is 0.754. The second-order valence-electron chi connectivity index (χ2n) is 4.85. The van der Waals surface area contributed by atoms with E-state index >= 15 is 0 Å². The van der Waals surface area contributed by atoms with Crippen LogP contribution < -0.4 is 5.32 Å². The first-order chi connectivity index (χ1) is 10.4. The summed E-state index contributed by atoms with van der Waals surface area (Å²) in [6.45, 7) is 4.67. The summed E-state index contributed by atoms with van der Waals surface area (Å²) in [4.78, 5) is 4.19. The van der Waals surface area contributed by atoms with Crippen molar-refractivity contribution in [2.75, 3.05) is 0 Å². The van der Waals surface area contributed by atoms with Crippen molar-refractivity contribution in [3.8, 4) is 5.69 Å². The van der Waals surface area contributed by atoms with Gasteiger partial charge in [0, 0.05) is 38.2 Å². The molecule has 21 heavy (non-hydrogen) atoms. The van der Waals surface area contributed by atoms with Crippen molar-refractivity contribution in [3.05, 3.63) is 66.5 Å². The molecule has 0 aliphatic rings. The van der Waals surface area contributed by atoms with E-state index in [1.54, 1.807) is 6.20 Å². The molecule has 108 valence electrons. The highest BCUT2D eigenvalue weighted by atomic mass is 15.3. The minimum atomic E-state index is 0.797. The third-order valence-electron chi connectivity index (χ3n) is 3.50. The van der Waals surface area contributed by atoms with Crippen molar-refractivity contribution >= 4 is 0 Å². The Kier molecular flexibility index (Phi) is 4.12.